The van der Waals surface area contributed by atoms with Crippen LogP contribution in [0, 0.1) is 17.3 Å². The molecule has 0 spiro atoms. The fourth-order valence-corrected chi connectivity index (χ4v) is 3.81. The normalized spacial score (nSPS) is 25.1. The molecule has 21 heavy (non-hydrogen) atoms. The first-order chi connectivity index (χ1) is 10.00. The number of aromatic nitrogens is 2. The maximum absolute atomic E-state index is 4.29. The van der Waals surface area contributed by atoms with E-state index in [-0.39, 0.29) is 0 Å². The molecule has 2 rings (SSSR count). The van der Waals surface area contributed by atoms with Crippen LogP contribution < -0.4 is 5.32 Å². The third-order valence-corrected chi connectivity index (χ3v) is 5.07. The van der Waals surface area contributed by atoms with Crippen LogP contribution in [-0.4, -0.2) is 22.9 Å². The first-order valence-corrected chi connectivity index (χ1v) is 8.68. The maximum atomic E-state index is 4.29. The van der Waals surface area contributed by atoms with E-state index in [1.165, 1.54) is 50.6 Å². The molecule has 1 aliphatic rings. The van der Waals surface area contributed by atoms with Gasteiger partial charge in [-0.3, -0.25) is 4.68 Å². The summed E-state index contributed by atoms with van der Waals surface area (Å²) < 4.78 is 1.92. The number of nitrogens with one attached hydrogen (secondary N) is 1. The van der Waals surface area contributed by atoms with Crippen molar-refractivity contribution >= 4 is 0 Å². The first-order valence-electron chi connectivity index (χ1n) is 8.68. The molecule has 2 unspecified atom stereocenters. The van der Waals surface area contributed by atoms with E-state index in [0.717, 1.165) is 18.4 Å². The number of aryl methyl sites for hydroxylation is 2. The minimum absolute atomic E-state index is 0.529. The van der Waals surface area contributed by atoms with Crippen molar-refractivity contribution < 1.29 is 0 Å². The SMILES string of the molecule is CCCNCC1CCC(C)(C)CC1CCc1cnn(C)c1. The van der Waals surface area contributed by atoms with Gasteiger partial charge in [-0.05, 0) is 74.4 Å². The lowest BCUT2D eigenvalue weighted by molar-refractivity contribution is 0.110. The summed E-state index contributed by atoms with van der Waals surface area (Å²) in [7, 11) is 2.00. The van der Waals surface area contributed by atoms with Crippen LogP contribution in [0.1, 0.15) is 58.4 Å². The molecule has 1 N–H and O–H groups in total. The highest BCUT2D eigenvalue weighted by Crippen LogP contribution is 2.43. The van der Waals surface area contributed by atoms with E-state index in [1.807, 2.05) is 17.9 Å². The Labute approximate surface area is 130 Å². The van der Waals surface area contributed by atoms with Gasteiger partial charge in [0.05, 0.1) is 6.20 Å². The molecule has 2 atom stereocenters. The zero-order valence-electron chi connectivity index (χ0n) is 14.4. The van der Waals surface area contributed by atoms with Crippen molar-refractivity contribution in [3.8, 4) is 0 Å². The number of hydrogen-bond acceptors (Lipinski definition) is 2. The van der Waals surface area contributed by atoms with Gasteiger partial charge in [-0.2, -0.15) is 5.10 Å². The molecular formula is C18H33N3. The molecular weight excluding hydrogens is 258 g/mol. The second kappa shape index (κ2) is 7.44. The lowest BCUT2D eigenvalue weighted by atomic mass is 9.65. The van der Waals surface area contributed by atoms with Crippen molar-refractivity contribution in [3.63, 3.8) is 0 Å². The summed E-state index contributed by atoms with van der Waals surface area (Å²) in [4.78, 5) is 0. The van der Waals surface area contributed by atoms with E-state index in [1.54, 1.807) is 0 Å². The molecule has 0 aliphatic heterocycles. The van der Waals surface area contributed by atoms with Gasteiger partial charge in [0.25, 0.3) is 0 Å². The molecule has 1 aliphatic carbocycles. The van der Waals surface area contributed by atoms with E-state index in [9.17, 15) is 0 Å². The fourth-order valence-electron chi connectivity index (χ4n) is 3.81. The summed E-state index contributed by atoms with van der Waals surface area (Å²) in [5, 5.41) is 7.94. The quantitative estimate of drug-likeness (QED) is 0.775. The van der Waals surface area contributed by atoms with Crippen molar-refractivity contribution in [1.29, 1.82) is 0 Å². The summed E-state index contributed by atoms with van der Waals surface area (Å²) in [5.74, 6) is 1.72. The van der Waals surface area contributed by atoms with Crippen LogP contribution in [0.2, 0.25) is 0 Å². The maximum Gasteiger partial charge on any atom is 0.0521 e. The third kappa shape index (κ3) is 5.14. The van der Waals surface area contributed by atoms with Gasteiger partial charge < -0.3 is 5.32 Å². The molecule has 1 aromatic rings. The van der Waals surface area contributed by atoms with E-state index < -0.39 is 0 Å². The van der Waals surface area contributed by atoms with Gasteiger partial charge in [-0.15, -0.1) is 0 Å². The van der Waals surface area contributed by atoms with Crippen molar-refractivity contribution in [2.45, 2.75) is 59.3 Å². The molecule has 0 aromatic carbocycles. The Morgan fingerprint density at radius 2 is 2.19 bits per heavy atom. The zero-order valence-corrected chi connectivity index (χ0v) is 14.4. The van der Waals surface area contributed by atoms with Gasteiger partial charge in [-0.1, -0.05) is 20.8 Å². The van der Waals surface area contributed by atoms with Crippen molar-refractivity contribution in [1.82, 2.24) is 15.1 Å². The summed E-state index contributed by atoms with van der Waals surface area (Å²) >= 11 is 0. The van der Waals surface area contributed by atoms with E-state index in [4.69, 9.17) is 0 Å². The van der Waals surface area contributed by atoms with E-state index in [2.05, 4.69) is 37.4 Å². The van der Waals surface area contributed by atoms with E-state index in [0.29, 0.717) is 5.41 Å². The van der Waals surface area contributed by atoms with E-state index >= 15 is 0 Å². The highest BCUT2D eigenvalue weighted by atomic mass is 15.2. The van der Waals surface area contributed by atoms with Crippen molar-refractivity contribution in [2.24, 2.45) is 24.3 Å². The average molecular weight is 291 g/mol. The minimum Gasteiger partial charge on any atom is -0.316 e. The second-order valence-corrected chi connectivity index (χ2v) is 7.69. The van der Waals surface area contributed by atoms with Gasteiger partial charge in [0.15, 0.2) is 0 Å². The Balaban J connectivity index is 1.89. The van der Waals surface area contributed by atoms with Crippen LogP contribution in [0.5, 0.6) is 0 Å². The smallest absolute Gasteiger partial charge is 0.0521 e. The van der Waals surface area contributed by atoms with Crippen LogP contribution in [0.15, 0.2) is 12.4 Å². The summed E-state index contributed by atoms with van der Waals surface area (Å²) in [6, 6.07) is 0. The van der Waals surface area contributed by atoms with Crippen molar-refractivity contribution in [2.75, 3.05) is 13.1 Å². The second-order valence-electron chi connectivity index (χ2n) is 7.69. The Morgan fingerprint density at radius 1 is 1.38 bits per heavy atom. The molecule has 1 saturated carbocycles. The summed E-state index contributed by atoms with van der Waals surface area (Å²) in [6.45, 7) is 9.51. The fraction of sp³-hybridized carbons (Fsp3) is 0.833. The largest absolute Gasteiger partial charge is 0.316 e. The monoisotopic (exact) mass is 291 g/mol. The predicted octanol–water partition coefficient (Wildman–Crippen LogP) is 3.79. The van der Waals surface area contributed by atoms with Crippen LogP contribution >= 0.6 is 0 Å². The minimum atomic E-state index is 0.529. The van der Waals surface area contributed by atoms with Crippen LogP contribution in [0.4, 0.5) is 0 Å². The summed E-state index contributed by atoms with van der Waals surface area (Å²) in [5.41, 5.74) is 1.92. The average Bonchev–Trinajstić information content (AvgIpc) is 2.84. The van der Waals surface area contributed by atoms with Crippen molar-refractivity contribution in [3.05, 3.63) is 18.0 Å². The van der Waals surface area contributed by atoms with Gasteiger partial charge in [0.1, 0.15) is 0 Å². The highest BCUT2D eigenvalue weighted by Gasteiger charge is 2.34. The number of rotatable bonds is 7. The predicted molar refractivity (Wildman–Crippen MR) is 89.3 cm³/mol. The van der Waals surface area contributed by atoms with Gasteiger partial charge in [0, 0.05) is 13.2 Å². The number of nitrogens with zero attached hydrogens (tertiary/aromatic N) is 2. The number of hydrogen-bond donors (Lipinski definition) is 1. The molecule has 1 aromatic heterocycles. The molecule has 120 valence electrons. The van der Waals surface area contributed by atoms with Gasteiger partial charge in [-0.25, -0.2) is 0 Å². The first kappa shape index (κ1) is 16.5. The Kier molecular flexibility index (Phi) is 5.86. The molecule has 3 heteroatoms. The lowest BCUT2D eigenvalue weighted by Crippen LogP contribution is -2.36. The molecule has 0 radical (unpaired) electrons. The Bertz CT molecular complexity index is 422. The summed E-state index contributed by atoms with van der Waals surface area (Å²) in [6.07, 6.45) is 12.1. The molecule has 3 nitrogen and oxygen atoms in total. The van der Waals surface area contributed by atoms with Gasteiger partial charge >= 0.3 is 0 Å². The van der Waals surface area contributed by atoms with Crippen LogP contribution in [-0.2, 0) is 13.5 Å². The zero-order chi connectivity index (χ0) is 15.3. The Hall–Kier alpha value is -0.830. The molecule has 0 amide bonds. The van der Waals surface area contributed by atoms with Gasteiger partial charge in [0.2, 0.25) is 0 Å². The third-order valence-electron chi connectivity index (χ3n) is 5.07. The highest BCUT2D eigenvalue weighted by molar-refractivity contribution is 5.04. The lowest BCUT2D eigenvalue weighted by Gasteiger charge is -2.41. The molecule has 1 heterocycles. The van der Waals surface area contributed by atoms with Crippen LogP contribution in [0.25, 0.3) is 0 Å². The molecule has 0 saturated heterocycles. The molecule has 1 fully saturated rings. The topological polar surface area (TPSA) is 29.9 Å². The Morgan fingerprint density at radius 3 is 2.86 bits per heavy atom. The molecule has 0 bridgehead atoms. The van der Waals surface area contributed by atoms with Crippen LogP contribution in [0.3, 0.4) is 0 Å². The standard InChI is InChI=1S/C18H33N3/c1-5-10-19-13-17-8-9-18(2,3)11-16(17)7-6-15-12-20-21(4)14-15/h12,14,16-17,19H,5-11,13H2,1-4H3.